The number of halogens is 1. The summed E-state index contributed by atoms with van der Waals surface area (Å²) in [5.74, 6) is -1.33. The van der Waals surface area contributed by atoms with Crippen molar-refractivity contribution < 1.29 is 14.0 Å². The molecule has 8 heteroatoms. The van der Waals surface area contributed by atoms with Crippen molar-refractivity contribution in [1.29, 1.82) is 0 Å². The van der Waals surface area contributed by atoms with Crippen LogP contribution < -0.4 is 10.6 Å². The Morgan fingerprint density at radius 2 is 1.58 bits per heavy atom. The lowest BCUT2D eigenvalue weighted by molar-refractivity contribution is -0.115. The highest BCUT2D eigenvalue weighted by molar-refractivity contribution is 8.00. The van der Waals surface area contributed by atoms with Crippen molar-refractivity contribution in [3.05, 3.63) is 120 Å². The van der Waals surface area contributed by atoms with Gasteiger partial charge < -0.3 is 10.6 Å². The van der Waals surface area contributed by atoms with Crippen LogP contribution in [-0.2, 0) is 4.79 Å². The summed E-state index contributed by atoms with van der Waals surface area (Å²) < 4.78 is 15.0. The largest absolute Gasteiger partial charge is 0.322 e. The first-order valence-corrected chi connectivity index (χ1v) is 12.8. The third-order valence-corrected chi connectivity index (χ3v) is 7.53. The highest BCUT2D eigenvalue weighted by Gasteiger charge is 2.23. The number of carbonyl (C=O) groups excluding carboxylic acids is 2. The SMILES string of the molecule is O=C(Nc1cccc(SC(C(=O)Nc2nc3ccccc3s2)c2ccccc2)c1)c1ccccc1F. The van der Waals surface area contributed by atoms with E-state index in [1.165, 1.54) is 41.3 Å². The molecule has 2 amide bonds. The zero-order valence-electron chi connectivity index (χ0n) is 18.9. The number of aromatic nitrogens is 1. The fourth-order valence-electron chi connectivity index (χ4n) is 3.62. The molecule has 5 aromatic rings. The van der Waals surface area contributed by atoms with Gasteiger partial charge in [-0.1, -0.05) is 72.0 Å². The van der Waals surface area contributed by atoms with Crippen LogP contribution in [0.5, 0.6) is 0 Å². The third-order valence-electron chi connectivity index (χ3n) is 5.33. The average Bonchev–Trinajstić information content (AvgIpc) is 3.30. The number of carbonyl (C=O) groups is 2. The topological polar surface area (TPSA) is 71.1 Å². The van der Waals surface area contributed by atoms with Gasteiger partial charge in [0.25, 0.3) is 5.91 Å². The normalized spacial score (nSPS) is 11.7. The van der Waals surface area contributed by atoms with Gasteiger partial charge in [0.05, 0.1) is 15.8 Å². The number of nitrogens with one attached hydrogen (secondary N) is 2. The number of para-hydroxylation sites is 1. The van der Waals surface area contributed by atoms with Crippen LogP contribution in [0.1, 0.15) is 21.2 Å². The van der Waals surface area contributed by atoms with Gasteiger partial charge in [-0.25, -0.2) is 9.37 Å². The number of fused-ring (bicyclic) bond motifs is 1. The standard InChI is InChI=1S/C28H20FN3O2S2/c29-22-14-5-4-13-21(22)26(33)30-19-11-8-12-20(17-19)35-25(18-9-2-1-3-10-18)27(34)32-28-31-23-15-6-7-16-24(23)36-28/h1-17,25H,(H,30,33)(H,31,32,34). The molecule has 178 valence electrons. The van der Waals surface area contributed by atoms with Gasteiger partial charge in [-0.2, -0.15) is 0 Å². The summed E-state index contributed by atoms with van der Waals surface area (Å²) >= 11 is 2.78. The molecule has 1 unspecified atom stereocenters. The van der Waals surface area contributed by atoms with Crippen LogP contribution in [0.4, 0.5) is 15.2 Å². The van der Waals surface area contributed by atoms with E-state index in [-0.39, 0.29) is 11.5 Å². The summed E-state index contributed by atoms with van der Waals surface area (Å²) in [7, 11) is 0. The molecule has 5 rings (SSSR count). The molecule has 0 aliphatic carbocycles. The smallest absolute Gasteiger partial charge is 0.258 e. The second-order valence-corrected chi connectivity index (χ2v) is 10.1. The van der Waals surface area contributed by atoms with E-state index in [1.54, 1.807) is 24.3 Å². The van der Waals surface area contributed by atoms with E-state index in [4.69, 9.17) is 0 Å². The molecule has 1 heterocycles. The molecule has 0 saturated carbocycles. The Balaban J connectivity index is 1.37. The van der Waals surface area contributed by atoms with E-state index in [9.17, 15) is 14.0 Å². The Morgan fingerprint density at radius 1 is 0.833 bits per heavy atom. The number of nitrogens with zero attached hydrogens (tertiary/aromatic N) is 1. The van der Waals surface area contributed by atoms with Gasteiger partial charge in [0, 0.05) is 10.6 Å². The molecule has 0 aliphatic rings. The average molecular weight is 514 g/mol. The molecule has 0 fully saturated rings. The molecule has 0 bridgehead atoms. The van der Waals surface area contributed by atoms with Crippen LogP contribution in [0.15, 0.2) is 108 Å². The molecule has 0 saturated heterocycles. The van der Waals surface area contributed by atoms with Crippen molar-refractivity contribution >= 4 is 55.9 Å². The molecule has 5 nitrogen and oxygen atoms in total. The van der Waals surface area contributed by atoms with E-state index >= 15 is 0 Å². The summed E-state index contributed by atoms with van der Waals surface area (Å²) in [4.78, 5) is 31.2. The Morgan fingerprint density at radius 3 is 2.39 bits per heavy atom. The van der Waals surface area contributed by atoms with E-state index in [0.717, 1.165) is 20.7 Å². The second-order valence-electron chi connectivity index (χ2n) is 7.85. The minimum Gasteiger partial charge on any atom is -0.322 e. The molecule has 36 heavy (non-hydrogen) atoms. The number of amides is 2. The molecular weight excluding hydrogens is 493 g/mol. The van der Waals surface area contributed by atoms with Crippen molar-refractivity contribution in [1.82, 2.24) is 4.98 Å². The van der Waals surface area contributed by atoms with Crippen molar-refractivity contribution in [3.63, 3.8) is 0 Å². The Labute approximate surface area is 215 Å². The van der Waals surface area contributed by atoms with Crippen LogP contribution in [0.25, 0.3) is 10.2 Å². The summed E-state index contributed by atoms with van der Waals surface area (Å²) in [6.07, 6.45) is 0. The summed E-state index contributed by atoms with van der Waals surface area (Å²) in [5, 5.41) is 5.67. The molecular formula is C28H20FN3O2S2. The van der Waals surface area contributed by atoms with Crippen LogP contribution in [0.2, 0.25) is 0 Å². The Bertz CT molecular complexity index is 1510. The van der Waals surface area contributed by atoms with Gasteiger partial charge in [0.2, 0.25) is 5.91 Å². The zero-order chi connectivity index (χ0) is 24.9. The van der Waals surface area contributed by atoms with Gasteiger partial charge in [0.1, 0.15) is 11.1 Å². The summed E-state index contributed by atoms with van der Waals surface area (Å²) in [5.41, 5.74) is 2.14. The van der Waals surface area contributed by atoms with Gasteiger partial charge in [-0.05, 0) is 48.0 Å². The van der Waals surface area contributed by atoms with E-state index in [1.807, 2.05) is 60.7 Å². The van der Waals surface area contributed by atoms with Crippen LogP contribution in [-0.4, -0.2) is 16.8 Å². The molecule has 0 spiro atoms. The fraction of sp³-hybridized carbons (Fsp3) is 0.0357. The number of thiazole rings is 1. The predicted octanol–water partition coefficient (Wildman–Crippen LogP) is 7.16. The van der Waals surface area contributed by atoms with Crippen molar-refractivity contribution in [2.45, 2.75) is 10.1 Å². The number of hydrogen-bond donors (Lipinski definition) is 2. The third kappa shape index (κ3) is 5.45. The zero-order valence-corrected chi connectivity index (χ0v) is 20.5. The molecule has 0 aliphatic heterocycles. The summed E-state index contributed by atoms with van der Waals surface area (Å²) in [6.45, 7) is 0. The lowest BCUT2D eigenvalue weighted by Crippen LogP contribution is -2.19. The van der Waals surface area contributed by atoms with E-state index in [2.05, 4.69) is 15.6 Å². The van der Waals surface area contributed by atoms with E-state index < -0.39 is 17.0 Å². The monoisotopic (exact) mass is 513 g/mol. The first-order chi connectivity index (χ1) is 17.6. The quantitative estimate of drug-likeness (QED) is 0.227. The minimum absolute atomic E-state index is 0.0343. The van der Waals surface area contributed by atoms with Gasteiger partial charge in [-0.15, -0.1) is 11.8 Å². The minimum atomic E-state index is -0.587. The molecule has 1 atom stereocenters. The van der Waals surface area contributed by atoms with E-state index in [0.29, 0.717) is 10.8 Å². The van der Waals surface area contributed by atoms with Crippen LogP contribution >= 0.6 is 23.1 Å². The molecule has 1 aromatic heterocycles. The lowest BCUT2D eigenvalue weighted by Gasteiger charge is -2.17. The van der Waals surface area contributed by atoms with Crippen LogP contribution in [0.3, 0.4) is 0 Å². The van der Waals surface area contributed by atoms with Crippen LogP contribution in [0, 0.1) is 5.82 Å². The fourth-order valence-corrected chi connectivity index (χ4v) is 5.58. The summed E-state index contributed by atoms with van der Waals surface area (Å²) in [6, 6.07) is 30.2. The van der Waals surface area contributed by atoms with Crippen molar-refractivity contribution in [2.24, 2.45) is 0 Å². The number of rotatable bonds is 7. The number of benzene rings is 4. The van der Waals surface area contributed by atoms with Gasteiger partial charge in [-0.3, -0.25) is 9.59 Å². The molecule has 2 N–H and O–H groups in total. The molecule has 4 aromatic carbocycles. The van der Waals surface area contributed by atoms with Crippen molar-refractivity contribution in [3.8, 4) is 0 Å². The van der Waals surface area contributed by atoms with Gasteiger partial charge in [0.15, 0.2) is 5.13 Å². The first kappa shape index (κ1) is 23.7. The molecule has 0 radical (unpaired) electrons. The first-order valence-electron chi connectivity index (χ1n) is 11.1. The highest BCUT2D eigenvalue weighted by Crippen LogP contribution is 2.38. The van der Waals surface area contributed by atoms with Crippen molar-refractivity contribution in [2.75, 3.05) is 10.6 Å². The maximum atomic E-state index is 14.0. The maximum Gasteiger partial charge on any atom is 0.258 e. The number of thioether (sulfide) groups is 1. The predicted molar refractivity (Wildman–Crippen MR) is 144 cm³/mol. The Kier molecular flexibility index (Phi) is 7.06. The maximum absolute atomic E-state index is 14.0. The highest BCUT2D eigenvalue weighted by atomic mass is 32.2. The Hall–Kier alpha value is -4.01. The van der Waals surface area contributed by atoms with Gasteiger partial charge >= 0.3 is 0 Å². The number of anilines is 2. The lowest BCUT2D eigenvalue weighted by atomic mass is 10.1. The second kappa shape index (κ2) is 10.7. The number of hydrogen-bond acceptors (Lipinski definition) is 5.